The van der Waals surface area contributed by atoms with Crippen molar-refractivity contribution in [3.63, 3.8) is 0 Å². The highest BCUT2D eigenvalue weighted by Gasteiger charge is 2.34. The number of nitrogens with one attached hydrogen (secondary N) is 1. The maximum Gasteiger partial charge on any atom is 0.573 e. The number of ether oxygens (including phenoxy) is 2. The summed E-state index contributed by atoms with van der Waals surface area (Å²) in [6.45, 7) is 0. The van der Waals surface area contributed by atoms with Crippen molar-refractivity contribution in [2.45, 2.75) is 6.36 Å². The maximum absolute atomic E-state index is 12.0. The standard InChI is InChI=1S/C8H5ClF3NO4/c1-16-7-5(6(9)15)3(2-4(14)13-7)17-8(10,11)12/h2H,1H3,(H,13,14). The van der Waals surface area contributed by atoms with Gasteiger partial charge in [0.2, 0.25) is 5.88 Å². The number of rotatable bonds is 3. The second-order valence-corrected chi connectivity index (χ2v) is 3.07. The SMILES string of the molecule is COc1[nH]c(=O)cc(OC(F)(F)F)c1C(=O)Cl. The first kappa shape index (κ1) is 13.4. The van der Waals surface area contributed by atoms with Crippen molar-refractivity contribution in [2.75, 3.05) is 7.11 Å². The van der Waals surface area contributed by atoms with Gasteiger partial charge in [0.05, 0.1) is 7.11 Å². The summed E-state index contributed by atoms with van der Waals surface area (Å²) in [7, 11) is 1.05. The summed E-state index contributed by atoms with van der Waals surface area (Å²) in [6, 6.07) is 0.450. The number of alkyl halides is 3. The van der Waals surface area contributed by atoms with E-state index in [1.807, 2.05) is 4.98 Å². The van der Waals surface area contributed by atoms with Crippen LogP contribution in [-0.4, -0.2) is 23.7 Å². The number of pyridine rings is 1. The van der Waals surface area contributed by atoms with E-state index < -0.39 is 34.4 Å². The van der Waals surface area contributed by atoms with Gasteiger partial charge in [-0.05, 0) is 11.6 Å². The predicted molar refractivity (Wildman–Crippen MR) is 50.5 cm³/mol. The summed E-state index contributed by atoms with van der Waals surface area (Å²) in [5.41, 5.74) is -1.63. The molecule has 0 saturated carbocycles. The Bertz CT molecular complexity index is 497. The van der Waals surface area contributed by atoms with Gasteiger partial charge in [0, 0.05) is 6.07 Å². The fraction of sp³-hybridized carbons (Fsp3) is 0.250. The van der Waals surface area contributed by atoms with E-state index in [2.05, 4.69) is 9.47 Å². The molecule has 0 bridgehead atoms. The largest absolute Gasteiger partial charge is 0.573 e. The van der Waals surface area contributed by atoms with Crippen LogP contribution < -0.4 is 15.0 Å². The summed E-state index contributed by atoms with van der Waals surface area (Å²) < 4.78 is 44.1. The Balaban J connectivity index is 3.41. The Hall–Kier alpha value is -1.70. The maximum atomic E-state index is 12.0. The molecule has 0 radical (unpaired) electrons. The van der Waals surface area contributed by atoms with Crippen LogP contribution in [0.25, 0.3) is 0 Å². The second kappa shape index (κ2) is 4.66. The predicted octanol–water partition coefficient (Wildman–Crippen LogP) is 1.66. The molecule has 0 aromatic carbocycles. The third kappa shape index (κ3) is 3.38. The quantitative estimate of drug-likeness (QED) is 0.849. The van der Waals surface area contributed by atoms with Crippen LogP contribution in [0.4, 0.5) is 13.2 Å². The van der Waals surface area contributed by atoms with E-state index in [9.17, 15) is 22.8 Å². The Morgan fingerprint density at radius 2 is 2.06 bits per heavy atom. The zero-order chi connectivity index (χ0) is 13.2. The molecule has 0 spiro atoms. The summed E-state index contributed by atoms with van der Waals surface area (Å²) in [4.78, 5) is 24.0. The van der Waals surface area contributed by atoms with Gasteiger partial charge < -0.3 is 9.47 Å². The highest BCUT2D eigenvalue weighted by Crippen LogP contribution is 2.30. The molecule has 0 atom stereocenters. The van der Waals surface area contributed by atoms with E-state index in [4.69, 9.17) is 11.6 Å². The molecular formula is C8H5ClF3NO4. The lowest BCUT2D eigenvalue weighted by Crippen LogP contribution is -2.21. The highest BCUT2D eigenvalue weighted by atomic mass is 35.5. The molecular weight excluding hydrogens is 267 g/mol. The van der Waals surface area contributed by atoms with Crippen molar-refractivity contribution in [1.29, 1.82) is 0 Å². The summed E-state index contributed by atoms with van der Waals surface area (Å²) in [5.74, 6) is -1.52. The van der Waals surface area contributed by atoms with Crippen molar-refractivity contribution >= 4 is 16.8 Å². The molecule has 1 aromatic rings. The molecule has 0 saturated heterocycles. The van der Waals surface area contributed by atoms with Gasteiger partial charge in [-0.15, -0.1) is 13.2 Å². The molecule has 94 valence electrons. The first-order valence-corrected chi connectivity index (χ1v) is 4.39. The minimum Gasteiger partial charge on any atom is -0.482 e. The lowest BCUT2D eigenvalue weighted by molar-refractivity contribution is -0.274. The number of aromatic nitrogens is 1. The monoisotopic (exact) mass is 271 g/mol. The van der Waals surface area contributed by atoms with Gasteiger partial charge >= 0.3 is 6.36 Å². The highest BCUT2D eigenvalue weighted by molar-refractivity contribution is 6.68. The van der Waals surface area contributed by atoms with Gasteiger partial charge in [-0.2, -0.15) is 0 Å². The van der Waals surface area contributed by atoms with Crippen LogP contribution in [0, 0.1) is 0 Å². The first-order chi connectivity index (χ1) is 7.74. The van der Waals surface area contributed by atoms with Crippen LogP contribution in [0.15, 0.2) is 10.9 Å². The number of halogens is 4. The molecule has 1 rings (SSSR count). The van der Waals surface area contributed by atoms with E-state index in [-0.39, 0.29) is 0 Å². The molecule has 17 heavy (non-hydrogen) atoms. The molecule has 0 aliphatic rings. The third-order valence-corrected chi connectivity index (χ3v) is 1.79. The van der Waals surface area contributed by atoms with Crippen LogP contribution >= 0.6 is 11.6 Å². The van der Waals surface area contributed by atoms with Crippen molar-refractivity contribution in [1.82, 2.24) is 4.98 Å². The lowest BCUT2D eigenvalue weighted by Gasteiger charge is -2.12. The van der Waals surface area contributed by atoms with E-state index in [1.165, 1.54) is 0 Å². The van der Waals surface area contributed by atoms with E-state index in [0.29, 0.717) is 6.07 Å². The second-order valence-electron chi connectivity index (χ2n) is 2.73. The van der Waals surface area contributed by atoms with Crippen LogP contribution in [0.3, 0.4) is 0 Å². The van der Waals surface area contributed by atoms with Crippen molar-refractivity contribution < 1.29 is 27.4 Å². The van der Waals surface area contributed by atoms with Crippen LogP contribution in [0.2, 0.25) is 0 Å². The fourth-order valence-electron chi connectivity index (χ4n) is 1.06. The summed E-state index contributed by atoms with van der Waals surface area (Å²) in [6.07, 6.45) is -5.06. The van der Waals surface area contributed by atoms with E-state index in [1.54, 1.807) is 0 Å². The number of hydrogen-bond donors (Lipinski definition) is 1. The molecule has 9 heteroatoms. The number of methoxy groups -OCH3 is 1. The minimum absolute atomic E-state index is 0.450. The number of carbonyl (C=O) groups is 1. The molecule has 5 nitrogen and oxygen atoms in total. The van der Waals surface area contributed by atoms with Gasteiger partial charge in [-0.25, -0.2) is 0 Å². The number of H-pyrrole nitrogens is 1. The van der Waals surface area contributed by atoms with Crippen molar-refractivity contribution in [2.24, 2.45) is 0 Å². The van der Waals surface area contributed by atoms with Crippen LogP contribution in [0.1, 0.15) is 10.4 Å². The number of carbonyl (C=O) groups excluding carboxylic acids is 1. The smallest absolute Gasteiger partial charge is 0.482 e. The molecule has 0 amide bonds. The van der Waals surface area contributed by atoms with Crippen molar-refractivity contribution in [3.05, 3.63) is 22.0 Å². The molecule has 0 unspecified atom stereocenters. The lowest BCUT2D eigenvalue weighted by atomic mass is 10.2. The fourth-order valence-corrected chi connectivity index (χ4v) is 1.24. The summed E-state index contributed by atoms with van der Waals surface area (Å²) >= 11 is 5.09. The van der Waals surface area contributed by atoms with Gasteiger partial charge in [-0.1, -0.05) is 0 Å². The molecule has 1 heterocycles. The third-order valence-electron chi connectivity index (χ3n) is 1.60. The molecule has 1 aromatic heterocycles. The van der Waals surface area contributed by atoms with Gasteiger partial charge in [0.1, 0.15) is 5.56 Å². The average molecular weight is 272 g/mol. The minimum atomic E-state index is -5.06. The van der Waals surface area contributed by atoms with Crippen LogP contribution in [0.5, 0.6) is 11.6 Å². The Kier molecular flexibility index (Phi) is 3.66. The zero-order valence-electron chi connectivity index (χ0n) is 8.22. The topological polar surface area (TPSA) is 68.4 Å². The van der Waals surface area contributed by atoms with E-state index >= 15 is 0 Å². The molecule has 0 aliphatic heterocycles. The number of aromatic amines is 1. The molecule has 1 N–H and O–H groups in total. The van der Waals surface area contributed by atoms with Gasteiger partial charge in [-0.3, -0.25) is 14.6 Å². The Labute approximate surface area is 97.1 Å². The normalized spacial score (nSPS) is 11.1. The average Bonchev–Trinajstić information content (AvgIpc) is 2.12. The first-order valence-electron chi connectivity index (χ1n) is 4.01. The van der Waals surface area contributed by atoms with E-state index in [0.717, 1.165) is 7.11 Å². The number of hydrogen-bond acceptors (Lipinski definition) is 4. The molecule has 0 fully saturated rings. The summed E-state index contributed by atoms with van der Waals surface area (Å²) in [5, 5.41) is -1.25. The van der Waals surface area contributed by atoms with Gasteiger partial charge in [0.15, 0.2) is 5.75 Å². The Morgan fingerprint density at radius 3 is 2.47 bits per heavy atom. The Morgan fingerprint density at radius 1 is 1.47 bits per heavy atom. The van der Waals surface area contributed by atoms with Crippen molar-refractivity contribution in [3.8, 4) is 11.6 Å². The molecule has 0 aliphatic carbocycles. The zero-order valence-corrected chi connectivity index (χ0v) is 8.98. The van der Waals surface area contributed by atoms with Gasteiger partial charge in [0.25, 0.3) is 10.8 Å². The van der Waals surface area contributed by atoms with Crippen LogP contribution in [-0.2, 0) is 0 Å².